The summed E-state index contributed by atoms with van der Waals surface area (Å²) in [5, 5.41) is 7.75. The van der Waals surface area contributed by atoms with Crippen molar-refractivity contribution in [1.82, 2.24) is 10.2 Å². The number of aromatic nitrogens is 2. The van der Waals surface area contributed by atoms with Crippen LogP contribution in [0.25, 0.3) is 0 Å². The first-order valence-corrected chi connectivity index (χ1v) is 8.80. The zero-order valence-corrected chi connectivity index (χ0v) is 12.3. The van der Waals surface area contributed by atoms with Crippen LogP contribution in [0.4, 0.5) is 9.52 Å². The van der Waals surface area contributed by atoms with E-state index in [9.17, 15) is 12.8 Å². The van der Waals surface area contributed by atoms with Gasteiger partial charge in [-0.15, -0.1) is 10.2 Å². The highest BCUT2D eigenvalue weighted by Gasteiger charge is 2.14. The van der Waals surface area contributed by atoms with Gasteiger partial charge in [0, 0.05) is 0 Å². The van der Waals surface area contributed by atoms with Crippen LogP contribution in [-0.4, -0.2) is 24.9 Å². The van der Waals surface area contributed by atoms with Gasteiger partial charge in [0.15, 0.2) is 4.34 Å². The van der Waals surface area contributed by atoms with Crippen LogP contribution in [0.15, 0.2) is 28.6 Å². The van der Waals surface area contributed by atoms with E-state index >= 15 is 0 Å². The standard InChI is InChI=1S/C10H10FN3O2S3/c1-17-10-13-12-9(18-10)14-19(15,16)6-7-2-4-8(11)5-3-7/h2-5H,6H2,1H3,(H,12,14). The maximum absolute atomic E-state index is 12.7. The fraction of sp³-hybridized carbons (Fsp3) is 0.200. The molecule has 1 aromatic heterocycles. The first kappa shape index (κ1) is 14.2. The van der Waals surface area contributed by atoms with Gasteiger partial charge in [-0.1, -0.05) is 35.2 Å². The van der Waals surface area contributed by atoms with Gasteiger partial charge in [-0.3, -0.25) is 4.72 Å². The van der Waals surface area contributed by atoms with Crippen molar-refractivity contribution < 1.29 is 12.8 Å². The molecule has 1 aromatic carbocycles. The molecular formula is C10H10FN3O2S3. The molecule has 19 heavy (non-hydrogen) atoms. The minimum atomic E-state index is -3.57. The van der Waals surface area contributed by atoms with Crippen LogP contribution >= 0.6 is 23.1 Å². The predicted octanol–water partition coefficient (Wildman–Crippen LogP) is 2.34. The lowest BCUT2D eigenvalue weighted by molar-refractivity contribution is 0.599. The monoisotopic (exact) mass is 319 g/mol. The van der Waals surface area contributed by atoms with Gasteiger partial charge >= 0.3 is 0 Å². The largest absolute Gasteiger partial charge is 0.257 e. The fourth-order valence-electron chi connectivity index (χ4n) is 1.30. The third-order valence-electron chi connectivity index (χ3n) is 2.09. The number of benzene rings is 1. The first-order chi connectivity index (χ1) is 8.98. The highest BCUT2D eigenvalue weighted by Crippen LogP contribution is 2.24. The minimum Gasteiger partial charge on any atom is -0.257 e. The molecule has 0 saturated carbocycles. The number of hydrogen-bond donors (Lipinski definition) is 1. The number of thioether (sulfide) groups is 1. The van der Waals surface area contributed by atoms with E-state index in [-0.39, 0.29) is 10.9 Å². The molecule has 0 amide bonds. The zero-order chi connectivity index (χ0) is 13.9. The molecule has 2 rings (SSSR count). The number of sulfonamides is 1. The Morgan fingerprint density at radius 1 is 1.32 bits per heavy atom. The first-order valence-electron chi connectivity index (χ1n) is 5.11. The molecule has 9 heteroatoms. The number of rotatable bonds is 5. The van der Waals surface area contributed by atoms with Gasteiger partial charge < -0.3 is 0 Å². The van der Waals surface area contributed by atoms with Crippen LogP contribution in [-0.2, 0) is 15.8 Å². The van der Waals surface area contributed by atoms with E-state index in [1.807, 2.05) is 6.26 Å². The van der Waals surface area contributed by atoms with Crippen LogP contribution in [0.1, 0.15) is 5.56 Å². The van der Waals surface area contributed by atoms with Gasteiger partial charge in [0.2, 0.25) is 15.2 Å². The third-order valence-corrected chi connectivity index (χ3v) is 5.25. The summed E-state index contributed by atoms with van der Waals surface area (Å²) in [5.41, 5.74) is 0.503. The maximum Gasteiger partial charge on any atom is 0.238 e. The molecule has 1 heterocycles. The molecule has 0 saturated heterocycles. The number of nitrogens with one attached hydrogen (secondary N) is 1. The number of hydrogen-bond acceptors (Lipinski definition) is 6. The lowest BCUT2D eigenvalue weighted by Crippen LogP contribution is -2.14. The highest BCUT2D eigenvalue weighted by molar-refractivity contribution is 8.00. The van der Waals surface area contributed by atoms with E-state index in [2.05, 4.69) is 14.9 Å². The number of anilines is 1. The van der Waals surface area contributed by atoms with Crippen LogP contribution in [0.2, 0.25) is 0 Å². The van der Waals surface area contributed by atoms with Crippen LogP contribution < -0.4 is 4.72 Å². The van der Waals surface area contributed by atoms with Crippen molar-refractivity contribution in [3.8, 4) is 0 Å². The van der Waals surface area contributed by atoms with Gasteiger partial charge in [-0.25, -0.2) is 12.8 Å². The summed E-state index contributed by atoms with van der Waals surface area (Å²) >= 11 is 2.55. The second-order valence-electron chi connectivity index (χ2n) is 3.56. The van der Waals surface area contributed by atoms with Gasteiger partial charge in [-0.2, -0.15) is 0 Å². The average molecular weight is 319 g/mol. The van der Waals surface area contributed by atoms with E-state index in [0.29, 0.717) is 9.90 Å². The zero-order valence-electron chi connectivity index (χ0n) is 9.83. The minimum absolute atomic E-state index is 0.228. The Morgan fingerprint density at radius 3 is 2.58 bits per heavy atom. The molecule has 0 aliphatic rings. The predicted molar refractivity (Wildman–Crippen MR) is 74.3 cm³/mol. The molecule has 2 aromatic rings. The van der Waals surface area contributed by atoms with Crippen LogP contribution in [0.5, 0.6) is 0 Å². The Labute approximate surface area is 118 Å². The van der Waals surface area contributed by atoms with E-state index < -0.39 is 15.8 Å². The maximum atomic E-state index is 12.7. The summed E-state index contributed by atoms with van der Waals surface area (Å²) in [6, 6.07) is 5.31. The van der Waals surface area contributed by atoms with Crippen molar-refractivity contribution in [3.63, 3.8) is 0 Å². The Balaban J connectivity index is 2.08. The van der Waals surface area contributed by atoms with Crippen LogP contribution in [0.3, 0.4) is 0 Å². The molecule has 5 nitrogen and oxygen atoms in total. The Kier molecular flexibility index (Phi) is 4.38. The molecule has 0 atom stereocenters. The summed E-state index contributed by atoms with van der Waals surface area (Å²) in [7, 11) is -3.57. The van der Waals surface area contributed by atoms with E-state index in [4.69, 9.17) is 0 Å². The summed E-state index contributed by atoms with van der Waals surface area (Å²) in [6.45, 7) is 0. The van der Waals surface area contributed by atoms with Crippen molar-refractivity contribution in [2.24, 2.45) is 0 Å². The van der Waals surface area contributed by atoms with Crippen molar-refractivity contribution in [2.75, 3.05) is 11.0 Å². The van der Waals surface area contributed by atoms with Gasteiger partial charge in [0.05, 0.1) is 5.75 Å². The SMILES string of the molecule is CSc1nnc(NS(=O)(=O)Cc2ccc(F)cc2)s1. The van der Waals surface area contributed by atoms with Gasteiger partial charge in [0.1, 0.15) is 5.82 Å². The van der Waals surface area contributed by atoms with E-state index in [1.54, 1.807) is 0 Å². The van der Waals surface area contributed by atoms with Crippen LogP contribution in [0, 0.1) is 5.82 Å². The molecule has 0 unspecified atom stereocenters. The van der Waals surface area contributed by atoms with Gasteiger partial charge in [-0.05, 0) is 24.0 Å². The summed E-state index contributed by atoms with van der Waals surface area (Å²) < 4.78 is 39.5. The lowest BCUT2D eigenvalue weighted by atomic mass is 10.2. The highest BCUT2D eigenvalue weighted by atomic mass is 32.2. The molecule has 0 bridgehead atoms. The topological polar surface area (TPSA) is 72.0 Å². The van der Waals surface area contributed by atoms with Crippen molar-refractivity contribution in [3.05, 3.63) is 35.6 Å². The molecule has 0 aliphatic heterocycles. The Morgan fingerprint density at radius 2 is 2.00 bits per heavy atom. The summed E-state index contributed by atoms with van der Waals surface area (Å²) in [4.78, 5) is 0. The second kappa shape index (κ2) is 5.85. The third kappa shape index (κ3) is 4.15. The van der Waals surface area contributed by atoms with E-state index in [1.165, 1.54) is 36.0 Å². The van der Waals surface area contributed by atoms with Crippen molar-refractivity contribution in [2.45, 2.75) is 10.1 Å². The molecule has 0 aliphatic carbocycles. The quantitative estimate of drug-likeness (QED) is 0.857. The average Bonchev–Trinajstić information content (AvgIpc) is 2.78. The Bertz CT molecular complexity index is 655. The van der Waals surface area contributed by atoms with Crippen molar-refractivity contribution in [1.29, 1.82) is 0 Å². The fourth-order valence-corrected chi connectivity index (χ4v) is 3.88. The smallest absolute Gasteiger partial charge is 0.238 e. The molecule has 0 spiro atoms. The summed E-state index contributed by atoms with van der Waals surface area (Å²) in [5.74, 6) is -0.635. The molecular weight excluding hydrogens is 309 g/mol. The normalized spacial score (nSPS) is 11.5. The molecule has 102 valence electrons. The van der Waals surface area contributed by atoms with E-state index in [0.717, 1.165) is 11.3 Å². The van der Waals surface area contributed by atoms with Crippen molar-refractivity contribution >= 4 is 38.3 Å². The summed E-state index contributed by atoms with van der Waals surface area (Å²) in [6.07, 6.45) is 1.83. The van der Waals surface area contributed by atoms with Gasteiger partial charge in [0.25, 0.3) is 0 Å². The molecule has 1 N–H and O–H groups in total. The molecule has 0 radical (unpaired) electrons. The second-order valence-corrected chi connectivity index (χ2v) is 7.32. The Hall–Kier alpha value is -1.19. The molecule has 0 fully saturated rings. The number of halogens is 1. The lowest BCUT2D eigenvalue weighted by Gasteiger charge is -2.04. The number of nitrogens with zero attached hydrogens (tertiary/aromatic N) is 2.